The minimum absolute atomic E-state index is 0.876. The zero-order chi connectivity index (χ0) is 15.6. The van der Waals surface area contributed by atoms with Crippen LogP contribution in [0.3, 0.4) is 0 Å². The summed E-state index contributed by atoms with van der Waals surface area (Å²) < 4.78 is 16.7. The highest BCUT2D eigenvalue weighted by Gasteiger charge is 2.38. The molecule has 0 aromatic heterocycles. The molecule has 0 saturated carbocycles. The van der Waals surface area contributed by atoms with Gasteiger partial charge in [-0.15, -0.1) is 0 Å². The lowest BCUT2D eigenvalue weighted by Crippen LogP contribution is -2.52. The molecule has 0 amide bonds. The van der Waals surface area contributed by atoms with Gasteiger partial charge in [-0.3, -0.25) is 30.0 Å². The summed E-state index contributed by atoms with van der Waals surface area (Å²) in [5, 5.41) is 0. The van der Waals surface area contributed by atoms with Crippen LogP contribution in [0.5, 0.6) is 0 Å². The molecule has 7 heteroatoms. The van der Waals surface area contributed by atoms with E-state index in [0.29, 0.717) is 0 Å². The van der Waals surface area contributed by atoms with Gasteiger partial charge in [0, 0.05) is 23.6 Å². The standard InChI is InChI=1S/C13H27N3O3Si/c1-8-11(4)14-17-20(7,18-15-12(5)9-2)19-16-13(6)10-3/h8-10,14-16H,1-7H3. The second-order valence-corrected chi connectivity index (χ2v) is 6.73. The van der Waals surface area contributed by atoms with Crippen molar-refractivity contribution >= 4 is 8.80 Å². The van der Waals surface area contributed by atoms with E-state index >= 15 is 0 Å². The average Bonchev–Trinajstić information content (AvgIpc) is 2.47. The molecular weight excluding hydrogens is 274 g/mol. The van der Waals surface area contributed by atoms with E-state index in [1.807, 2.05) is 59.8 Å². The summed E-state index contributed by atoms with van der Waals surface area (Å²) in [7, 11) is -2.94. The van der Waals surface area contributed by atoms with Gasteiger partial charge < -0.3 is 0 Å². The first kappa shape index (κ1) is 18.7. The molecule has 20 heavy (non-hydrogen) atoms. The Morgan fingerprint density at radius 1 is 0.700 bits per heavy atom. The Balaban J connectivity index is 4.64. The van der Waals surface area contributed by atoms with Crippen LogP contribution in [0.25, 0.3) is 0 Å². The number of hydroxylamine groups is 3. The third-order valence-corrected chi connectivity index (χ3v) is 3.91. The maximum atomic E-state index is 5.57. The van der Waals surface area contributed by atoms with Crippen molar-refractivity contribution in [1.82, 2.24) is 16.4 Å². The maximum absolute atomic E-state index is 5.57. The molecule has 6 nitrogen and oxygen atoms in total. The van der Waals surface area contributed by atoms with Crippen molar-refractivity contribution in [2.75, 3.05) is 0 Å². The van der Waals surface area contributed by atoms with Gasteiger partial charge >= 0.3 is 8.80 Å². The highest BCUT2D eigenvalue weighted by Crippen LogP contribution is 2.07. The van der Waals surface area contributed by atoms with Gasteiger partial charge in [-0.25, -0.2) is 0 Å². The normalized spacial score (nSPS) is 16.6. The van der Waals surface area contributed by atoms with E-state index in [1.54, 1.807) is 6.55 Å². The van der Waals surface area contributed by atoms with Crippen molar-refractivity contribution in [3.05, 3.63) is 35.3 Å². The van der Waals surface area contributed by atoms with E-state index in [9.17, 15) is 0 Å². The summed E-state index contributed by atoms with van der Waals surface area (Å²) in [6, 6.07) is 0. The third-order valence-electron chi connectivity index (χ3n) is 2.49. The molecule has 0 bridgehead atoms. The van der Waals surface area contributed by atoms with E-state index in [0.717, 1.165) is 17.1 Å². The van der Waals surface area contributed by atoms with Crippen molar-refractivity contribution in [3.63, 3.8) is 0 Å². The Labute approximate surface area is 123 Å². The molecule has 0 atom stereocenters. The molecule has 0 rings (SSSR count). The van der Waals surface area contributed by atoms with Crippen molar-refractivity contribution in [3.8, 4) is 0 Å². The van der Waals surface area contributed by atoms with Gasteiger partial charge in [-0.2, -0.15) is 0 Å². The van der Waals surface area contributed by atoms with E-state index in [2.05, 4.69) is 16.4 Å². The van der Waals surface area contributed by atoms with E-state index in [1.165, 1.54) is 0 Å². The molecule has 3 N–H and O–H groups in total. The van der Waals surface area contributed by atoms with Crippen LogP contribution in [-0.2, 0) is 13.6 Å². The minimum Gasteiger partial charge on any atom is -0.278 e. The second-order valence-electron chi connectivity index (χ2n) is 4.39. The van der Waals surface area contributed by atoms with Crippen LogP contribution in [0.2, 0.25) is 6.55 Å². The van der Waals surface area contributed by atoms with Gasteiger partial charge in [-0.1, -0.05) is 18.2 Å². The smallest absolute Gasteiger partial charge is 0.278 e. The monoisotopic (exact) mass is 301 g/mol. The molecule has 0 aromatic rings. The molecule has 0 aromatic carbocycles. The largest absolute Gasteiger partial charge is 0.563 e. The zero-order valence-electron chi connectivity index (χ0n) is 13.5. The summed E-state index contributed by atoms with van der Waals surface area (Å²) in [4.78, 5) is 0. The molecule has 0 aliphatic carbocycles. The van der Waals surface area contributed by atoms with Crippen molar-refractivity contribution < 1.29 is 13.6 Å². The average molecular weight is 301 g/mol. The Hall–Kier alpha value is -1.28. The SMILES string of the molecule is CC=C(C)NO[Si](C)(ONC(C)=CC)ONC(C)=CC. The van der Waals surface area contributed by atoms with Crippen molar-refractivity contribution in [2.24, 2.45) is 0 Å². The molecule has 0 saturated heterocycles. The topological polar surface area (TPSA) is 63.8 Å². The molecule has 0 heterocycles. The Morgan fingerprint density at radius 2 is 0.950 bits per heavy atom. The number of allylic oxidation sites excluding steroid dienone is 6. The Bertz CT molecular complexity index is 326. The summed E-state index contributed by atoms with van der Waals surface area (Å²) in [5.74, 6) is 0. The lowest BCUT2D eigenvalue weighted by Gasteiger charge is -2.26. The van der Waals surface area contributed by atoms with Gasteiger partial charge in [0.05, 0.1) is 0 Å². The van der Waals surface area contributed by atoms with Gasteiger partial charge in [0.15, 0.2) is 0 Å². The van der Waals surface area contributed by atoms with E-state index in [-0.39, 0.29) is 0 Å². The molecular formula is C13H27N3O3Si. The molecule has 0 unspecified atom stereocenters. The molecule has 0 aliphatic heterocycles. The van der Waals surface area contributed by atoms with Gasteiger partial charge in [-0.05, 0) is 41.5 Å². The molecule has 0 radical (unpaired) electrons. The molecule has 0 aliphatic rings. The number of rotatable bonds is 9. The lowest BCUT2D eigenvalue weighted by molar-refractivity contribution is -0.0109. The minimum atomic E-state index is -2.94. The fourth-order valence-electron chi connectivity index (χ4n) is 0.759. The molecule has 116 valence electrons. The highest BCUT2D eigenvalue weighted by molar-refractivity contribution is 6.58. The van der Waals surface area contributed by atoms with Crippen molar-refractivity contribution in [1.29, 1.82) is 0 Å². The van der Waals surface area contributed by atoms with Gasteiger partial charge in [0.1, 0.15) is 0 Å². The first-order valence-corrected chi connectivity index (χ1v) is 8.80. The van der Waals surface area contributed by atoms with Crippen LogP contribution in [0.1, 0.15) is 41.5 Å². The Kier molecular flexibility index (Phi) is 8.98. The van der Waals surface area contributed by atoms with Crippen LogP contribution >= 0.6 is 0 Å². The Morgan fingerprint density at radius 3 is 1.15 bits per heavy atom. The predicted octanol–water partition coefficient (Wildman–Crippen LogP) is 2.89. The number of hydrogen-bond donors (Lipinski definition) is 3. The van der Waals surface area contributed by atoms with Crippen LogP contribution in [0.4, 0.5) is 0 Å². The first-order valence-electron chi connectivity index (χ1n) is 6.57. The van der Waals surface area contributed by atoms with Crippen LogP contribution in [-0.4, -0.2) is 8.80 Å². The molecule has 0 spiro atoms. The molecule has 0 fully saturated rings. The fourth-order valence-corrected chi connectivity index (χ4v) is 1.92. The summed E-state index contributed by atoms with van der Waals surface area (Å²) in [6.45, 7) is 13.2. The van der Waals surface area contributed by atoms with Crippen LogP contribution in [0.15, 0.2) is 35.3 Å². The summed E-state index contributed by atoms with van der Waals surface area (Å²) in [6.07, 6.45) is 5.68. The third kappa shape index (κ3) is 8.00. The lowest BCUT2D eigenvalue weighted by atomic mass is 10.5. The van der Waals surface area contributed by atoms with Gasteiger partial charge in [0.25, 0.3) is 0 Å². The van der Waals surface area contributed by atoms with Gasteiger partial charge in [0.2, 0.25) is 0 Å². The van der Waals surface area contributed by atoms with Crippen molar-refractivity contribution in [2.45, 2.75) is 48.1 Å². The quantitative estimate of drug-likeness (QED) is 0.449. The number of hydrogen-bond acceptors (Lipinski definition) is 6. The summed E-state index contributed by atoms with van der Waals surface area (Å²) in [5.41, 5.74) is 11.1. The number of nitrogens with one attached hydrogen (secondary N) is 3. The van der Waals surface area contributed by atoms with Crippen LogP contribution in [0, 0.1) is 0 Å². The van der Waals surface area contributed by atoms with Crippen LogP contribution < -0.4 is 16.4 Å². The zero-order valence-corrected chi connectivity index (χ0v) is 14.5. The first-order chi connectivity index (χ1) is 9.36. The maximum Gasteiger partial charge on any atom is 0.563 e. The predicted molar refractivity (Wildman–Crippen MR) is 82.6 cm³/mol. The van der Waals surface area contributed by atoms with E-state index in [4.69, 9.17) is 13.6 Å². The second kappa shape index (κ2) is 9.59. The van der Waals surface area contributed by atoms with E-state index < -0.39 is 8.80 Å². The highest BCUT2D eigenvalue weighted by atomic mass is 28.4. The fraction of sp³-hybridized carbons (Fsp3) is 0.538. The summed E-state index contributed by atoms with van der Waals surface area (Å²) >= 11 is 0.